The lowest BCUT2D eigenvalue weighted by molar-refractivity contribution is -0.140. The second kappa shape index (κ2) is 11.4. The first-order valence-corrected chi connectivity index (χ1v) is 12.2. The summed E-state index contributed by atoms with van der Waals surface area (Å²) in [6.45, 7) is 5.27. The van der Waals surface area contributed by atoms with Gasteiger partial charge in [-0.3, -0.25) is 9.59 Å². The van der Waals surface area contributed by atoms with E-state index in [1.807, 2.05) is 44.2 Å². The Morgan fingerprint density at radius 2 is 1.62 bits per heavy atom. The van der Waals surface area contributed by atoms with E-state index in [1.165, 1.54) is 36.2 Å². The lowest BCUT2D eigenvalue weighted by atomic mass is 10.1. The Morgan fingerprint density at radius 3 is 2.19 bits per heavy atom. The summed E-state index contributed by atoms with van der Waals surface area (Å²) in [4.78, 5) is 27.4. The molecule has 0 aliphatic heterocycles. The van der Waals surface area contributed by atoms with Gasteiger partial charge in [-0.2, -0.15) is 4.31 Å². The molecule has 2 atom stereocenters. The molecule has 0 aromatic heterocycles. The van der Waals surface area contributed by atoms with E-state index in [1.54, 1.807) is 6.92 Å². The van der Waals surface area contributed by atoms with Crippen molar-refractivity contribution in [2.24, 2.45) is 0 Å². The fraction of sp³-hybridized carbons (Fsp3) is 0.391. The van der Waals surface area contributed by atoms with E-state index in [4.69, 9.17) is 11.6 Å². The van der Waals surface area contributed by atoms with Crippen LogP contribution in [-0.2, 0) is 26.2 Å². The molecule has 0 bridgehead atoms. The zero-order chi connectivity index (χ0) is 23.9. The van der Waals surface area contributed by atoms with Crippen molar-refractivity contribution in [2.45, 2.75) is 50.7 Å². The molecule has 1 N–H and O–H groups in total. The number of likely N-dealkylation sites (N-methyl/N-ethyl adjacent to an activating group) is 1. The average Bonchev–Trinajstić information content (AvgIpc) is 2.77. The Bertz CT molecular complexity index is 1010. The van der Waals surface area contributed by atoms with Gasteiger partial charge >= 0.3 is 0 Å². The molecular weight excluding hydrogens is 450 g/mol. The molecule has 0 radical (unpaired) electrons. The van der Waals surface area contributed by atoms with Crippen molar-refractivity contribution in [1.82, 2.24) is 14.5 Å². The maximum absolute atomic E-state index is 13.2. The van der Waals surface area contributed by atoms with E-state index in [0.717, 1.165) is 16.3 Å². The van der Waals surface area contributed by atoms with E-state index in [-0.39, 0.29) is 23.4 Å². The molecule has 0 aliphatic carbocycles. The largest absolute Gasteiger partial charge is 0.352 e. The topological polar surface area (TPSA) is 86.8 Å². The van der Waals surface area contributed by atoms with Gasteiger partial charge in [0.15, 0.2) is 0 Å². The summed E-state index contributed by atoms with van der Waals surface area (Å²) in [6, 6.07) is 14.2. The molecule has 0 saturated carbocycles. The Labute approximate surface area is 195 Å². The van der Waals surface area contributed by atoms with Crippen LogP contribution in [0, 0.1) is 0 Å². The van der Waals surface area contributed by atoms with E-state index in [9.17, 15) is 18.0 Å². The van der Waals surface area contributed by atoms with Crippen molar-refractivity contribution in [3.8, 4) is 0 Å². The molecule has 0 saturated heterocycles. The number of halogens is 1. The van der Waals surface area contributed by atoms with Crippen molar-refractivity contribution < 1.29 is 18.0 Å². The highest BCUT2D eigenvalue weighted by Gasteiger charge is 2.30. The van der Waals surface area contributed by atoms with Gasteiger partial charge in [-0.15, -0.1) is 0 Å². The van der Waals surface area contributed by atoms with Gasteiger partial charge in [0.05, 0.1) is 11.4 Å². The summed E-state index contributed by atoms with van der Waals surface area (Å²) in [5.41, 5.74) is 0.840. The third kappa shape index (κ3) is 6.79. The lowest BCUT2D eigenvalue weighted by Gasteiger charge is -2.31. The van der Waals surface area contributed by atoms with Gasteiger partial charge in [0.1, 0.15) is 6.04 Å². The average molecular weight is 480 g/mol. The number of benzene rings is 2. The van der Waals surface area contributed by atoms with Crippen LogP contribution in [0.3, 0.4) is 0 Å². The molecule has 9 heteroatoms. The molecule has 0 heterocycles. The van der Waals surface area contributed by atoms with Gasteiger partial charge in [-0.1, -0.05) is 48.9 Å². The number of nitrogens with zero attached hydrogens (tertiary/aromatic N) is 2. The summed E-state index contributed by atoms with van der Waals surface area (Å²) < 4.78 is 26.7. The van der Waals surface area contributed by atoms with Crippen LogP contribution in [0.1, 0.15) is 32.8 Å². The number of amides is 2. The molecule has 0 spiro atoms. The summed E-state index contributed by atoms with van der Waals surface area (Å²) in [5.74, 6) is -0.757. The van der Waals surface area contributed by atoms with Crippen molar-refractivity contribution in [3.63, 3.8) is 0 Å². The normalized spacial score (nSPS) is 13.4. The van der Waals surface area contributed by atoms with Crippen LogP contribution in [0.2, 0.25) is 5.02 Å². The van der Waals surface area contributed by atoms with E-state index in [0.29, 0.717) is 5.02 Å². The Balaban J connectivity index is 2.24. The minimum Gasteiger partial charge on any atom is -0.352 e. The van der Waals surface area contributed by atoms with Crippen molar-refractivity contribution in [2.75, 3.05) is 13.6 Å². The third-order valence-electron chi connectivity index (χ3n) is 5.24. The zero-order valence-corrected chi connectivity index (χ0v) is 20.4. The maximum Gasteiger partial charge on any atom is 0.243 e. The predicted molar refractivity (Wildman–Crippen MR) is 126 cm³/mol. The fourth-order valence-electron chi connectivity index (χ4n) is 2.98. The molecule has 0 aliphatic rings. The Kier molecular flexibility index (Phi) is 9.24. The van der Waals surface area contributed by atoms with Gasteiger partial charge in [0.25, 0.3) is 0 Å². The van der Waals surface area contributed by atoms with Crippen LogP contribution in [0.5, 0.6) is 0 Å². The molecule has 2 rings (SSSR count). The SMILES string of the molecule is CC[C@H](C)NC(=O)[C@H](C)N(Cc1ccccc1)C(=O)CN(C)S(=O)(=O)c1ccc(Cl)cc1. The summed E-state index contributed by atoms with van der Waals surface area (Å²) in [5, 5.41) is 3.30. The van der Waals surface area contributed by atoms with Gasteiger partial charge < -0.3 is 10.2 Å². The minimum atomic E-state index is -3.90. The minimum absolute atomic E-state index is 0.0356. The second-order valence-electron chi connectivity index (χ2n) is 7.72. The smallest absolute Gasteiger partial charge is 0.243 e. The predicted octanol–water partition coefficient (Wildman–Crippen LogP) is 3.29. The molecule has 7 nitrogen and oxygen atoms in total. The van der Waals surface area contributed by atoms with Crippen LogP contribution in [0.4, 0.5) is 0 Å². The molecule has 2 aromatic rings. The van der Waals surface area contributed by atoms with E-state index >= 15 is 0 Å². The van der Waals surface area contributed by atoms with Crippen LogP contribution in [0.25, 0.3) is 0 Å². The first-order chi connectivity index (χ1) is 15.1. The van der Waals surface area contributed by atoms with E-state index < -0.39 is 28.5 Å². The number of nitrogens with one attached hydrogen (secondary N) is 1. The number of hydrogen-bond donors (Lipinski definition) is 1. The highest BCUT2D eigenvalue weighted by atomic mass is 35.5. The molecule has 32 heavy (non-hydrogen) atoms. The van der Waals surface area contributed by atoms with E-state index in [2.05, 4.69) is 5.32 Å². The van der Waals surface area contributed by atoms with Crippen LogP contribution >= 0.6 is 11.6 Å². The van der Waals surface area contributed by atoms with Crippen LogP contribution < -0.4 is 5.32 Å². The standard InChI is InChI=1S/C23H30ClN3O4S/c1-5-17(2)25-23(29)18(3)27(15-19-9-7-6-8-10-19)22(28)16-26(4)32(30,31)21-13-11-20(24)12-14-21/h6-14,17-18H,5,15-16H2,1-4H3,(H,25,29)/t17-,18-/m0/s1. The molecule has 2 aromatic carbocycles. The van der Waals surface area contributed by atoms with Crippen LogP contribution in [-0.4, -0.2) is 55.1 Å². The first-order valence-electron chi connectivity index (χ1n) is 10.4. The number of rotatable bonds is 10. The Morgan fingerprint density at radius 1 is 1.03 bits per heavy atom. The summed E-state index contributed by atoms with van der Waals surface area (Å²) in [7, 11) is -2.56. The third-order valence-corrected chi connectivity index (χ3v) is 7.31. The number of sulfonamides is 1. The highest BCUT2D eigenvalue weighted by molar-refractivity contribution is 7.89. The summed E-state index contributed by atoms with van der Waals surface area (Å²) in [6.07, 6.45) is 0.757. The molecule has 2 amide bonds. The Hall–Kier alpha value is -2.42. The zero-order valence-electron chi connectivity index (χ0n) is 18.8. The molecule has 0 fully saturated rings. The van der Waals surface area contributed by atoms with Gasteiger partial charge in [0.2, 0.25) is 21.8 Å². The van der Waals surface area contributed by atoms with Crippen molar-refractivity contribution in [1.29, 1.82) is 0 Å². The van der Waals surface area contributed by atoms with Gasteiger partial charge in [-0.25, -0.2) is 8.42 Å². The van der Waals surface area contributed by atoms with Gasteiger partial charge in [0, 0.05) is 24.7 Å². The quantitative estimate of drug-likeness (QED) is 0.566. The highest BCUT2D eigenvalue weighted by Crippen LogP contribution is 2.18. The van der Waals surface area contributed by atoms with Crippen molar-refractivity contribution in [3.05, 3.63) is 65.2 Å². The molecular formula is C23H30ClN3O4S. The van der Waals surface area contributed by atoms with Crippen LogP contribution in [0.15, 0.2) is 59.5 Å². The first kappa shape index (κ1) is 25.8. The number of carbonyl (C=O) groups excluding carboxylic acids is 2. The number of hydrogen-bond acceptors (Lipinski definition) is 4. The number of carbonyl (C=O) groups is 2. The second-order valence-corrected chi connectivity index (χ2v) is 10.2. The van der Waals surface area contributed by atoms with Gasteiger partial charge in [-0.05, 0) is 50.1 Å². The maximum atomic E-state index is 13.2. The van der Waals surface area contributed by atoms with Crippen molar-refractivity contribution >= 4 is 33.4 Å². The summed E-state index contributed by atoms with van der Waals surface area (Å²) >= 11 is 5.85. The fourth-order valence-corrected chi connectivity index (χ4v) is 4.23. The molecule has 174 valence electrons. The lowest BCUT2D eigenvalue weighted by Crippen LogP contribution is -2.51. The molecule has 0 unspecified atom stereocenters. The monoisotopic (exact) mass is 479 g/mol.